The minimum Gasteiger partial charge on any atom is -0.369 e. The highest BCUT2D eigenvalue weighted by Gasteiger charge is 2.26. The van der Waals surface area contributed by atoms with E-state index in [1.807, 2.05) is 0 Å². The highest BCUT2D eigenvalue weighted by atomic mass is 16.1. The molecule has 0 aromatic heterocycles. The van der Waals surface area contributed by atoms with Crippen molar-refractivity contribution in [1.29, 1.82) is 0 Å². The van der Waals surface area contributed by atoms with E-state index in [2.05, 4.69) is 36.5 Å². The Morgan fingerprint density at radius 1 is 1.31 bits per heavy atom. The number of carbonyl (C=O) groups excluding carboxylic acids is 1. The number of nitrogens with two attached hydrogens (primary N) is 1. The molecule has 3 N–H and O–H groups in total. The molecule has 1 aliphatic rings. The first-order chi connectivity index (χ1) is 7.66. The van der Waals surface area contributed by atoms with Crippen molar-refractivity contribution < 1.29 is 4.79 Å². The maximum absolute atomic E-state index is 11.2. The topological polar surface area (TPSA) is 55.1 Å². The summed E-state index contributed by atoms with van der Waals surface area (Å²) in [4.78, 5) is 11.2. The molecule has 1 aromatic carbocycles. The lowest BCUT2D eigenvalue weighted by molar-refractivity contribution is -0.122. The van der Waals surface area contributed by atoms with Gasteiger partial charge in [0.1, 0.15) is 0 Å². The lowest BCUT2D eigenvalue weighted by Crippen LogP contribution is -2.41. The zero-order valence-corrected chi connectivity index (χ0v) is 9.57. The second-order valence-electron chi connectivity index (χ2n) is 4.60. The largest absolute Gasteiger partial charge is 0.369 e. The monoisotopic (exact) mass is 218 g/mol. The molecule has 1 saturated heterocycles. The standard InChI is InChI=1S/C13H18N2O/c1-9-2-4-10(5-3-9)11-6-12(13(14)16)8-15-7-11/h2-5,11-12,15H,6-8H2,1H3,(H2,14,16)/t11-,12+/m1/s1. The van der Waals surface area contributed by atoms with Crippen molar-refractivity contribution in [2.45, 2.75) is 19.3 Å². The Balaban J connectivity index is 2.09. The first-order valence-electron chi connectivity index (χ1n) is 5.73. The minimum absolute atomic E-state index is 0.0277. The highest BCUT2D eigenvalue weighted by molar-refractivity contribution is 5.77. The first-order valence-corrected chi connectivity index (χ1v) is 5.73. The summed E-state index contributed by atoms with van der Waals surface area (Å²) in [7, 11) is 0. The zero-order valence-electron chi connectivity index (χ0n) is 9.57. The normalized spacial score (nSPS) is 25.3. The Morgan fingerprint density at radius 3 is 2.62 bits per heavy atom. The van der Waals surface area contributed by atoms with Gasteiger partial charge in [0.15, 0.2) is 0 Å². The number of nitrogens with one attached hydrogen (secondary N) is 1. The number of hydrogen-bond acceptors (Lipinski definition) is 2. The fourth-order valence-electron chi connectivity index (χ4n) is 2.25. The zero-order chi connectivity index (χ0) is 11.5. The van der Waals surface area contributed by atoms with Crippen LogP contribution < -0.4 is 11.1 Å². The van der Waals surface area contributed by atoms with E-state index in [1.54, 1.807) is 0 Å². The molecule has 0 aliphatic carbocycles. The van der Waals surface area contributed by atoms with Gasteiger partial charge in [0.25, 0.3) is 0 Å². The molecule has 16 heavy (non-hydrogen) atoms. The molecule has 0 saturated carbocycles. The van der Waals surface area contributed by atoms with Gasteiger partial charge in [-0.1, -0.05) is 29.8 Å². The second-order valence-corrected chi connectivity index (χ2v) is 4.60. The van der Waals surface area contributed by atoms with E-state index < -0.39 is 0 Å². The molecule has 86 valence electrons. The van der Waals surface area contributed by atoms with E-state index in [0.29, 0.717) is 5.92 Å². The molecule has 0 radical (unpaired) electrons. The van der Waals surface area contributed by atoms with E-state index in [9.17, 15) is 4.79 Å². The van der Waals surface area contributed by atoms with Crippen LogP contribution in [0.15, 0.2) is 24.3 Å². The van der Waals surface area contributed by atoms with Gasteiger partial charge in [0.2, 0.25) is 5.91 Å². The minimum atomic E-state index is -0.190. The van der Waals surface area contributed by atoms with Gasteiger partial charge in [-0.25, -0.2) is 0 Å². The van der Waals surface area contributed by atoms with E-state index in [-0.39, 0.29) is 11.8 Å². The van der Waals surface area contributed by atoms with Crippen LogP contribution in [0.3, 0.4) is 0 Å². The number of piperidine rings is 1. The van der Waals surface area contributed by atoms with Crippen molar-refractivity contribution in [3.8, 4) is 0 Å². The molecule has 0 spiro atoms. The van der Waals surface area contributed by atoms with E-state index >= 15 is 0 Å². The third kappa shape index (κ3) is 2.42. The third-order valence-corrected chi connectivity index (χ3v) is 3.30. The Hall–Kier alpha value is -1.35. The van der Waals surface area contributed by atoms with Gasteiger partial charge in [-0.3, -0.25) is 4.79 Å². The number of amides is 1. The maximum Gasteiger partial charge on any atom is 0.221 e. The van der Waals surface area contributed by atoms with Gasteiger partial charge in [0, 0.05) is 13.1 Å². The average molecular weight is 218 g/mol. The molecule has 1 aromatic rings. The number of benzene rings is 1. The maximum atomic E-state index is 11.2. The van der Waals surface area contributed by atoms with Gasteiger partial charge in [0.05, 0.1) is 5.92 Å². The molecule has 3 nitrogen and oxygen atoms in total. The summed E-state index contributed by atoms with van der Waals surface area (Å²) < 4.78 is 0. The predicted molar refractivity (Wildman–Crippen MR) is 64.1 cm³/mol. The number of aryl methyl sites for hydroxylation is 1. The Labute approximate surface area is 96.0 Å². The fraction of sp³-hybridized carbons (Fsp3) is 0.462. The molecule has 2 atom stereocenters. The van der Waals surface area contributed by atoms with E-state index in [0.717, 1.165) is 19.5 Å². The molecule has 0 bridgehead atoms. The molecule has 3 heteroatoms. The molecule has 1 aliphatic heterocycles. The number of rotatable bonds is 2. The van der Waals surface area contributed by atoms with Crippen LogP contribution in [0.5, 0.6) is 0 Å². The highest BCUT2D eigenvalue weighted by Crippen LogP contribution is 2.26. The number of hydrogen-bond donors (Lipinski definition) is 2. The quantitative estimate of drug-likeness (QED) is 0.783. The van der Waals surface area contributed by atoms with Crippen LogP contribution in [-0.2, 0) is 4.79 Å². The van der Waals surface area contributed by atoms with Crippen molar-refractivity contribution in [3.63, 3.8) is 0 Å². The van der Waals surface area contributed by atoms with Crippen LogP contribution in [0.25, 0.3) is 0 Å². The SMILES string of the molecule is Cc1ccc([C@H]2CNC[C@@H](C(N)=O)C2)cc1. The molecule has 1 fully saturated rings. The molecule has 0 unspecified atom stereocenters. The van der Waals surface area contributed by atoms with Crippen LogP contribution >= 0.6 is 0 Å². The van der Waals surface area contributed by atoms with Crippen molar-refractivity contribution in [1.82, 2.24) is 5.32 Å². The van der Waals surface area contributed by atoms with Gasteiger partial charge < -0.3 is 11.1 Å². The number of primary amides is 1. The summed E-state index contributed by atoms with van der Waals surface area (Å²) in [5, 5.41) is 3.28. The second kappa shape index (κ2) is 4.66. The first kappa shape index (κ1) is 11.1. The van der Waals surface area contributed by atoms with Gasteiger partial charge in [-0.2, -0.15) is 0 Å². The lowest BCUT2D eigenvalue weighted by Gasteiger charge is -2.28. The third-order valence-electron chi connectivity index (χ3n) is 3.30. The number of carbonyl (C=O) groups is 1. The summed E-state index contributed by atoms with van der Waals surface area (Å²) in [6.07, 6.45) is 0.866. The summed E-state index contributed by atoms with van der Waals surface area (Å²) >= 11 is 0. The van der Waals surface area contributed by atoms with Crippen molar-refractivity contribution >= 4 is 5.91 Å². The molecule has 1 amide bonds. The molecular weight excluding hydrogens is 200 g/mol. The summed E-state index contributed by atoms with van der Waals surface area (Å²) in [6, 6.07) is 8.52. The van der Waals surface area contributed by atoms with Crippen molar-refractivity contribution in [2.24, 2.45) is 11.7 Å². The van der Waals surface area contributed by atoms with Crippen LogP contribution in [0, 0.1) is 12.8 Å². The molecule has 2 rings (SSSR count). The van der Waals surface area contributed by atoms with E-state index in [4.69, 9.17) is 5.73 Å². The van der Waals surface area contributed by atoms with Gasteiger partial charge in [-0.15, -0.1) is 0 Å². The predicted octanol–water partition coefficient (Wildman–Crippen LogP) is 1.17. The molecule has 1 heterocycles. The van der Waals surface area contributed by atoms with Crippen LogP contribution in [0.2, 0.25) is 0 Å². The van der Waals surface area contributed by atoms with Crippen LogP contribution in [0.4, 0.5) is 0 Å². The molecular formula is C13H18N2O. The van der Waals surface area contributed by atoms with E-state index in [1.165, 1.54) is 11.1 Å². The van der Waals surface area contributed by atoms with Crippen molar-refractivity contribution in [3.05, 3.63) is 35.4 Å². The average Bonchev–Trinajstić information content (AvgIpc) is 2.30. The summed E-state index contributed by atoms with van der Waals surface area (Å²) in [5.41, 5.74) is 7.91. The van der Waals surface area contributed by atoms with Crippen LogP contribution in [-0.4, -0.2) is 19.0 Å². The lowest BCUT2D eigenvalue weighted by atomic mass is 9.85. The fourth-order valence-corrected chi connectivity index (χ4v) is 2.25. The Kier molecular flexibility index (Phi) is 3.25. The van der Waals surface area contributed by atoms with Crippen molar-refractivity contribution in [2.75, 3.05) is 13.1 Å². The van der Waals surface area contributed by atoms with Crippen LogP contribution in [0.1, 0.15) is 23.5 Å². The smallest absolute Gasteiger partial charge is 0.221 e. The van der Waals surface area contributed by atoms with Gasteiger partial charge in [-0.05, 0) is 24.8 Å². The summed E-state index contributed by atoms with van der Waals surface area (Å²) in [5.74, 6) is 0.191. The van der Waals surface area contributed by atoms with Gasteiger partial charge >= 0.3 is 0 Å². The summed E-state index contributed by atoms with van der Waals surface area (Å²) in [6.45, 7) is 3.74. The Morgan fingerprint density at radius 2 is 2.00 bits per heavy atom. The Bertz CT molecular complexity index is 372.